The van der Waals surface area contributed by atoms with Crippen LogP contribution >= 0.6 is 23.6 Å². The molecule has 0 radical (unpaired) electrons. The van der Waals surface area contributed by atoms with Crippen molar-refractivity contribution in [3.8, 4) is 5.75 Å². The first kappa shape index (κ1) is 21.3. The van der Waals surface area contributed by atoms with E-state index in [0.717, 1.165) is 29.7 Å². The van der Waals surface area contributed by atoms with Crippen molar-refractivity contribution >= 4 is 45.5 Å². The van der Waals surface area contributed by atoms with E-state index in [9.17, 15) is 9.59 Å². The van der Waals surface area contributed by atoms with Crippen molar-refractivity contribution in [3.05, 3.63) is 45.8 Å². The van der Waals surface area contributed by atoms with Gasteiger partial charge in [-0.3, -0.25) is 14.9 Å². The minimum Gasteiger partial charge on any atom is -0.491 e. The van der Waals surface area contributed by atoms with Crippen LogP contribution in [0.25, 0.3) is 0 Å². The van der Waals surface area contributed by atoms with Crippen molar-refractivity contribution in [1.29, 1.82) is 0 Å². The summed E-state index contributed by atoms with van der Waals surface area (Å²) in [5.74, 6) is 0.453. The third kappa shape index (κ3) is 5.13. The molecule has 1 aromatic heterocycles. The smallest absolute Gasteiger partial charge is 0.257 e. The highest BCUT2D eigenvalue weighted by molar-refractivity contribution is 7.80. The zero-order valence-corrected chi connectivity index (χ0v) is 18.3. The van der Waals surface area contributed by atoms with Crippen LogP contribution in [0.3, 0.4) is 0 Å². The number of amides is 2. The van der Waals surface area contributed by atoms with Gasteiger partial charge in [0.15, 0.2) is 5.11 Å². The Hall–Kier alpha value is -2.45. The van der Waals surface area contributed by atoms with E-state index in [1.54, 1.807) is 24.3 Å². The maximum absolute atomic E-state index is 12.5. The lowest BCUT2D eigenvalue weighted by molar-refractivity contribution is 0.0975. The Morgan fingerprint density at radius 3 is 2.59 bits per heavy atom. The Bertz CT molecular complexity index is 935. The topological polar surface area (TPSA) is 93.4 Å². The van der Waals surface area contributed by atoms with E-state index in [0.29, 0.717) is 27.8 Å². The van der Waals surface area contributed by atoms with E-state index in [1.807, 2.05) is 13.8 Å². The first-order chi connectivity index (χ1) is 13.7. The second kappa shape index (κ2) is 8.92. The van der Waals surface area contributed by atoms with Gasteiger partial charge < -0.3 is 15.8 Å². The number of ether oxygens (including phenoxy) is 1. The summed E-state index contributed by atoms with van der Waals surface area (Å²) >= 11 is 6.78. The molecule has 0 spiro atoms. The van der Waals surface area contributed by atoms with Crippen LogP contribution in [0.15, 0.2) is 24.3 Å². The molecule has 1 heterocycles. The predicted molar refractivity (Wildman–Crippen MR) is 120 cm³/mol. The second-order valence-corrected chi connectivity index (χ2v) is 9.03. The summed E-state index contributed by atoms with van der Waals surface area (Å²) < 4.78 is 5.58. The van der Waals surface area contributed by atoms with E-state index in [2.05, 4.69) is 17.6 Å². The van der Waals surface area contributed by atoms with Crippen LogP contribution in [-0.2, 0) is 12.8 Å². The maximum atomic E-state index is 12.5. The summed E-state index contributed by atoms with van der Waals surface area (Å²) in [6.07, 6.45) is 2.84. The van der Waals surface area contributed by atoms with Crippen molar-refractivity contribution < 1.29 is 14.3 Å². The maximum Gasteiger partial charge on any atom is 0.257 e. The van der Waals surface area contributed by atoms with Crippen LogP contribution in [-0.4, -0.2) is 23.0 Å². The molecule has 0 bridgehead atoms. The van der Waals surface area contributed by atoms with Crippen LogP contribution in [0.4, 0.5) is 5.00 Å². The van der Waals surface area contributed by atoms with E-state index >= 15 is 0 Å². The molecule has 0 unspecified atom stereocenters. The molecular formula is C21H25N3O3S2. The van der Waals surface area contributed by atoms with Gasteiger partial charge >= 0.3 is 0 Å². The largest absolute Gasteiger partial charge is 0.491 e. The Balaban J connectivity index is 1.69. The van der Waals surface area contributed by atoms with Crippen LogP contribution < -0.4 is 21.1 Å². The molecule has 0 saturated heterocycles. The van der Waals surface area contributed by atoms with Gasteiger partial charge in [0.25, 0.3) is 11.8 Å². The number of carbonyl (C=O) groups excluding carboxylic acids is 2. The lowest BCUT2D eigenvalue weighted by Gasteiger charge is -2.18. The van der Waals surface area contributed by atoms with Crippen molar-refractivity contribution in [2.45, 2.75) is 46.1 Å². The molecule has 3 rings (SSSR count). The van der Waals surface area contributed by atoms with Gasteiger partial charge in [0, 0.05) is 10.4 Å². The third-order valence-corrected chi connectivity index (χ3v) is 6.07. The van der Waals surface area contributed by atoms with Crippen molar-refractivity contribution in [3.63, 3.8) is 0 Å². The van der Waals surface area contributed by atoms with Crippen LogP contribution in [0.1, 0.15) is 58.3 Å². The van der Waals surface area contributed by atoms with E-state index in [4.69, 9.17) is 22.7 Å². The zero-order chi connectivity index (χ0) is 21.1. The standard InChI is InChI=1S/C21H25N3O3S2/c1-11(2)27-14-7-5-13(6-8-14)19(26)23-21(28)24-20-17(18(22)25)15-9-4-12(3)10-16(15)29-20/h5-8,11-12H,4,9-10H2,1-3H3,(H2,22,25)(H2,23,24,26,28)/t12-/m1/s1. The number of anilines is 1. The molecule has 6 nitrogen and oxygen atoms in total. The molecule has 29 heavy (non-hydrogen) atoms. The Labute approximate surface area is 179 Å². The third-order valence-electron chi connectivity index (χ3n) is 4.70. The monoisotopic (exact) mass is 431 g/mol. The number of thiocarbonyl (C=S) groups is 1. The van der Waals surface area contributed by atoms with Gasteiger partial charge in [0.05, 0.1) is 11.7 Å². The number of nitrogens with two attached hydrogens (primary N) is 1. The zero-order valence-electron chi connectivity index (χ0n) is 16.7. The highest BCUT2D eigenvalue weighted by Crippen LogP contribution is 2.39. The van der Waals surface area contributed by atoms with Gasteiger partial charge in [-0.1, -0.05) is 6.92 Å². The molecule has 1 atom stereocenters. The average molecular weight is 432 g/mol. The van der Waals surface area contributed by atoms with Crippen LogP contribution in [0.5, 0.6) is 5.75 Å². The fraction of sp³-hybridized carbons (Fsp3) is 0.381. The first-order valence-corrected chi connectivity index (χ1v) is 10.8. The Morgan fingerprint density at radius 1 is 1.28 bits per heavy atom. The summed E-state index contributed by atoms with van der Waals surface area (Å²) in [4.78, 5) is 25.6. The Kier molecular flexibility index (Phi) is 6.54. The van der Waals surface area contributed by atoms with Crippen molar-refractivity contribution in [2.24, 2.45) is 11.7 Å². The van der Waals surface area contributed by atoms with E-state index < -0.39 is 5.91 Å². The second-order valence-electron chi connectivity index (χ2n) is 7.52. The fourth-order valence-corrected chi connectivity index (χ4v) is 5.05. The number of rotatable bonds is 5. The summed E-state index contributed by atoms with van der Waals surface area (Å²) in [5, 5.41) is 6.38. The van der Waals surface area contributed by atoms with Gasteiger partial charge in [-0.25, -0.2) is 0 Å². The summed E-state index contributed by atoms with van der Waals surface area (Å²) in [6.45, 7) is 6.07. The lowest BCUT2D eigenvalue weighted by atomic mass is 9.88. The highest BCUT2D eigenvalue weighted by atomic mass is 32.1. The van der Waals surface area contributed by atoms with Crippen LogP contribution in [0, 0.1) is 5.92 Å². The minimum atomic E-state index is -0.477. The molecule has 2 aromatic rings. The van der Waals surface area contributed by atoms with Gasteiger partial charge in [-0.05, 0) is 81.1 Å². The van der Waals surface area contributed by atoms with Crippen LogP contribution in [0.2, 0.25) is 0 Å². The molecule has 1 aliphatic carbocycles. The SMILES string of the molecule is CC(C)Oc1ccc(C(=O)NC(=S)Nc2sc3c(c2C(N)=O)CC[C@@H](C)C3)cc1. The average Bonchev–Trinajstić information content (AvgIpc) is 2.98. The quantitative estimate of drug-likeness (QED) is 0.625. The summed E-state index contributed by atoms with van der Waals surface area (Å²) in [5.41, 5.74) is 7.58. The van der Waals surface area contributed by atoms with Crippen molar-refractivity contribution in [1.82, 2.24) is 5.32 Å². The Morgan fingerprint density at radius 2 is 1.97 bits per heavy atom. The number of nitrogens with one attached hydrogen (secondary N) is 2. The molecule has 4 N–H and O–H groups in total. The van der Waals surface area contributed by atoms with Gasteiger partial charge in [0.1, 0.15) is 10.8 Å². The number of benzene rings is 1. The predicted octanol–water partition coefficient (Wildman–Crippen LogP) is 3.89. The highest BCUT2D eigenvalue weighted by Gasteiger charge is 2.27. The number of hydrogen-bond acceptors (Lipinski definition) is 5. The molecule has 1 aromatic carbocycles. The fourth-order valence-electron chi connectivity index (χ4n) is 3.37. The molecule has 154 valence electrons. The number of primary amides is 1. The van der Waals surface area contributed by atoms with E-state index in [1.165, 1.54) is 11.3 Å². The normalized spacial score (nSPS) is 15.5. The summed E-state index contributed by atoms with van der Waals surface area (Å²) in [7, 11) is 0. The number of fused-ring (bicyclic) bond motifs is 1. The van der Waals surface area contributed by atoms with Gasteiger partial charge in [0.2, 0.25) is 0 Å². The molecular weight excluding hydrogens is 406 g/mol. The van der Waals surface area contributed by atoms with Gasteiger partial charge in [-0.15, -0.1) is 11.3 Å². The number of carbonyl (C=O) groups is 2. The molecule has 0 saturated carbocycles. The molecule has 0 fully saturated rings. The minimum absolute atomic E-state index is 0.0607. The molecule has 2 amide bonds. The number of hydrogen-bond donors (Lipinski definition) is 3. The lowest BCUT2D eigenvalue weighted by Crippen LogP contribution is -2.34. The van der Waals surface area contributed by atoms with E-state index in [-0.39, 0.29) is 17.1 Å². The van der Waals surface area contributed by atoms with Crippen molar-refractivity contribution in [2.75, 3.05) is 5.32 Å². The molecule has 8 heteroatoms. The van der Waals surface area contributed by atoms with Gasteiger partial charge in [-0.2, -0.15) is 0 Å². The first-order valence-electron chi connectivity index (χ1n) is 9.58. The summed E-state index contributed by atoms with van der Waals surface area (Å²) in [6, 6.07) is 6.83. The number of thiophene rings is 1. The molecule has 0 aliphatic heterocycles. The molecule has 1 aliphatic rings.